The molecule has 30 heavy (non-hydrogen) atoms. The van der Waals surface area contributed by atoms with Crippen molar-refractivity contribution >= 4 is 38.2 Å². The minimum absolute atomic E-state index is 0.0797. The Morgan fingerprint density at radius 1 is 1.17 bits per heavy atom. The third-order valence-corrected chi connectivity index (χ3v) is 7.36. The molecular weight excluding hydrogens is 427 g/mol. The lowest BCUT2D eigenvalue weighted by atomic mass is 10.1. The van der Waals surface area contributed by atoms with Crippen LogP contribution in [0.15, 0.2) is 47.5 Å². The molecule has 154 valence electrons. The standard InChI is InChI=1S/C21H18ClFN4O2S/c22-17-7-8-18(23)21-19(17)20(15(11-24)13-26-21)25-12-14-3-5-16(6-4-14)30(28,29)27-9-1-2-10-27/h3-8,13H,1-2,9-10,12H2,(H,25,26). The van der Waals surface area contributed by atoms with Gasteiger partial charge in [0.15, 0.2) is 0 Å². The minimum atomic E-state index is -3.47. The normalized spacial score (nSPS) is 14.7. The molecule has 2 heterocycles. The lowest BCUT2D eigenvalue weighted by molar-refractivity contribution is 0.477. The van der Waals surface area contributed by atoms with E-state index in [4.69, 9.17) is 11.6 Å². The summed E-state index contributed by atoms with van der Waals surface area (Å²) in [5.74, 6) is -0.529. The fraction of sp³-hybridized carbons (Fsp3) is 0.238. The number of benzene rings is 2. The first-order valence-corrected chi connectivity index (χ1v) is 11.2. The lowest BCUT2D eigenvalue weighted by Crippen LogP contribution is -2.27. The zero-order chi connectivity index (χ0) is 21.3. The topological polar surface area (TPSA) is 86.1 Å². The van der Waals surface area contributed by atoms with Crippen molar-refractivity contribution < 1.29 is 12.8 Å². The van der Waals surface area contributed by atoms with Crippen LogP contribution < -0.4 is 5.32 Å². The molecule has 0 aliphatic carbocycles. The predicted molar refractivity (Wildman–Crippen MR) is 113 cm³/mol. The molecule has 1 fully saturated rings. The number of pyridine rings is 1. The highest BCUT2D eigenvalue weighted by Crippen LogP contribution is 2.33. The van der Waals surface area contributed by atoms with E-state index in [1.165, 1.54) is 22.6 Å². The van der Waals surface area contributed by atoms with Crippen LogP contribution in [0.25, 0.3) is 10.9 Å². The molecule has 0 bridgehead atoms. The van der Waals surface area contributed by atoms with Crippen LogP contribution >= 0.6 is 11.6 Å². The highest BCUT2D eigenvalue weighted by Gasteiger charge is 2.26. The molecule has 0 radical (unpaired) electrons. The molecular formula is C21H18ClFN4O2S. The molecule has 0 unspecified atom stereocenters. The van der Waals surface area contributed by atoms with Crippen LogP contribution in [0.1, 0.15) is 24.0 Å². The van der Waals surface area contributed by atoms with E-state index in [1.807, 2.05) is 6.07 Å². The summed E-state index contributed by atoms with van der Waals surface area (Å²) in [7, 11) is -3.47. The number of rotatable bonds is 5. The zero-order valence-corrected chi connectivity index (χ0v) is 17.5. The van der Waals surface area contributed by atoms with E-state index < -0.39 is 15.8 Å². The quantitative estimate of drug-likeness (QED) is 0.634. The van der Waals surface area contributed by atoms with Gasteiger partial charge in [0.05, 0.1) is 21.2 Å². The highest BCUT2D eigenvalue weighted by atomic mass is 35.5. The SMILES string of the molecule is N#Cc1cnc2c(F)ccc(Cl)c2c1NCc1ccc(S(=O)(=O)N2CCCC2)cc1. The van der Waals surface area contributed by atoms with Gasteiger partial charge in [0.25, 0.3) is 0 Å². The predicted octanol–water partition coefficient (Wildman–Crippen LogP) is 4.30. The first-order chi connectivity index (χ1) is 14.4. The van der Waals surface area contributed by atoms with Gasteiger partial charge in [-0.25, -0.2) is 12.8 Å². The van der Waals surface area contributed by atoms with E-state index in [9.17, 15) is 18.1 Å². The molecule has 0 atom stereocenters. The van der Waals surface area contributed by atoms with Gasteiger partial charge in [0.1, 0.15) is 17.4 Å². The molecule has 0 saturated carbocycles. The van der Waals surface area contributed by atoms with Crippen LogP contribution in [-0.4, -0.2) is 30.8 Å². The van der Waals surface area contributed by atoms with Gasteiger partial charge in [-0.05, 0) is 42.7 Å². The maximum absolute atomic E-state index is 14.1. The van der Waals surface area contributed by atoms with Gasteiger partial charge in [-0.3, -0.25) is 4.98 Å². The number of fused-ring (bicyclic) bond motifs is 1. The summed E-state index contributed by atoms with van der Waals surface area (Å²) < 4.78 is 40.9. The Morgan fingerprint density at radius 2 is 1.87 bits per heavy atom. The van der Waals surface area contributed by atoms with Gasteiger partial charge < -0.3 is 5.32 Å². The molecule has 2 aromatic carbocycles. The number of halogens is 2. The number of nitriles is 1. The van der Waals surface area contributed by atoms with Crippen molar-refractivity contribution in [3.8, 4) is 6.07 Å². The number of anilines is 1. The Kier molecular flexibility index (Phi) is 5.60. The summed E-state index contributed by atoms with van der Waals surface area (Å²) >= 11 is 6.25. The van der Waals surface area contributed by atoms with E-state index in [0.717, 1.165) is 18.4 Å². The molecule has 1 aliphatic heterocycles. The maximum atomic E-state index is 14.1. The van der Waals surface area contributed by atoms with Crippen molar-refractivity contribution in [1.82, 2.24) is 9.29 Å². The molecule has 6 nitrogen and oxygen atoms in total. The Labute approximate surface area is 179 Å². The van der Waals surface area contributed by atoms with Crippen LogP contribution in [-0.2, 0) is 16.6 Å². The van der Waals surface area contributed by atoms with Crippen LogP contribution in [0.5, 0.6) is 0 Å². The van der Waals surface area contributed by atoms with Crippen LogP contribution in [0.4, 0.5) is 10.1 Å². The van der Waals surface area contributed by atoms with Crippen molar-refractivity contribution in [2.24, 2.45) is 0 Å². The van der Waals surface area contributed by atoms with Gasteiger partial charge in [-0.1, -0.05) is 23.7 Å². The third kappa shape index (κ3) is 3.72. The van der Waals surface area contributed by atoms with Crippen LogP contribution in [0, 0.1) is 17.1 Å². The molecule has 0 spiro atoms. The summed E-state index contributed by atoms with van der Waals surface area (Å²) in [5.41, 5.74) is 1.51. The summed E-state index contributed by atoms with van der Waals surface area (Å²) in [6.45, 7) is 1.40. The van der Waals surface area contributed by atoms with E-state index in [2.05, 4.69) is 10.3 Å². The Hall–Kier alpha value is -2.73. The maximum Gasteiger partial charge on any atom is 0.243 e. The van der Waals surface area contributed by atoms with E-state index in [1.54, 1.807) is 24.3 Å². The fourth-order valence-electron chi connectivity index (χ4n) is 3.55. The number of nitrogens with one attached hydrogen (secondary N) is 1. The Balaban J connectivity index is 1.60. The second-order valence-electron chi connectivity index (χ2n) is 7.02. The van der Waals surface area contributed by atoms with Gasteiger partial charge in [0.2, 0.25) is 10.0 Å². The molecule has 9 heteroatoms. The summed E-state index contributed by atoms with van der Waals surface area (Å²) in [4.78, 5) is 4.27. The number of sulfonamides is 1. The summed E-state index contributed by atoms with van der Waals surface area (Å²) in [6.07, 6.45) is 3.06. The second-order valence-corrected chi connectivity index (χ2v) is 9.37. The average Bonchev–Trinajstić information content (AvgIpc) is 3.30. The van der Waals surface area contributed by atoms with Crippen molar-refractivity contribution in [2.75, 3.05) is 18.4 Å². The highest BCUT2D eigenvalue weighted by molar-refractivity contribution is 7.89. The first kappa shape index (κ1) is 20.5. The van der Waals surface area contributed by atoms with Crippen LogP contribution in [0.2, 0.25) is 5.02 Å². The molecule has 1 aromatic heterocycles. The molecule has 1 saturated heterocycles. The van der Waals surface area contributed by atoms with Gasteiger partial charge in [0, 0.05) is 31.2 Å². The number of hydrogen-bond acceptors (Lipinski definition) is 5. The number of nitrogens with zero attached hydrogens (tertiary/aromatic N) is 3. The zero-order valence-electron chi connectivity index (χ0n) is 15.9. The van der Waals surface area contributed by atoms with E-state index in [-0.39, 0.29) is 21.0 Å². The molecule has 3 aromatic rings. The van der Waals surface area contributed by atoms with E-state index in [0.29, 0.717) is 30.7 Å². The van der Waals surface area contributed by atoms with Gasteiger partial charge in [-0.15, -0.1) is 0 Å². The average molecular weight is 445 g/mol. The molecule has 0 amide bonds. The third-order valence-electron chi connectivity index (χ3n) is 5.14. The van der Waals surface area contributed by atoms with Crippen molar-refractivity contribution in [3.63, 3.8) is 0 Å². The second kappa shape index (κ2) is 8.19. The summed E-state index contributed by atoms with van der Waals surface area (Å²) in [6, 6.07) is 11.3. The largest absolute Gasteiger partial charge is 0.379 e. The monoisotopic (exact) mass is 444 g/mol. The molecule has 1 N–H and O–H groups in total. The lowest BCUT2D eigenvalue weighted by Gasteiger charge is -2.16. The number of hydrogen-bond donors (Lipinski definition) is 1. The van der Waals surface area contributed by atoms with Crippen molar-refractivity contribution in [1.29, 1.82) is 5.26 Å². The van der Waals surface area contributed by atoms with Crippen molar-refractivity contribution in [3.05, 3.63) is 64.6 Å². The first-order valence-electron chi connectivity index (χ1n) is 9.41. The Bertz CT molecular complexity index is 1250. The molecule has 1 aliphatic rings. The van der Waals surface area contributed by atoms with Gasteiger partial charge >= 0.3 is 0 Å². The minimum Gasteiger partial charge on any atom is -0.379 e. The Morgan fingerprint density at radius 3 is 2.53 bits per heavy atom. The summed E-state index contributed by atoms with van der Waals surface area (Å²) in [5, 5.41) is 13.2. The fourth-order valence-corrected chi connectivity index (χ4v) is 5.31. The molecule has 4 rings (SSSR count). The van der Waals surface area contributed by atoms with Gasteiger partial charge in [-0.2, -0.15) is 9.57 Å². The van der Waals surface area contributed by atoms with Crippen molar-refractivity contribution in [2.45, 2.75) is 24.3 Å². The van der Waals surface area contributed by atoms with E-state index >= 15 is 0 Å². The van der Waals surface area contributed by atoms with Crippen LogP contribution in [0.3, 0.4) is 0 Å². The number of aromatic nitrogens is 1. The smallest absolute Gasteiger partial charge is 0.243 e.